The first-order chi connectivity index (χ1) is 7.76. The predicted molar refractivity (Wildman–Crippen MR) is 69.0 cm³/mol. The fourth-order valence-electron chi connectivity index (χ4n) is 2.56. The van der Waals surface area contributed by atoms with Crippen LogP contribution in [0.4, 0.5) is 0 Å². The molecular weight excluding hydrogens is 262 g/mol. The third-order valence-corrected chi connectivity index (χ3v) is 4.31. The Labute approximate surface area is 106 Å². The summed E-state index contributed by atoms with van der Waals surface area (Å²) in [6, 6.07) is 10.8. The maximum atomic E-state index is 9.43. The Morgan fingerprint density at radius 1 is 1.19 bits per heavy atom. The van der Waals surface area contributed by atoms with Crippen molar-refractivity contribution in [1.29, 1.82) is 5.26 Å². The molecule has 1 aromatic rings. The van der Waals surface area contributed by atoms with Crippen molar-refractivity contribution in [3.8, 4) is 6.07 Å². The van der Waals surface area contributed by atoms with Crippen LogP contribution in [0.5, 0.6) is 0 Å². The second-order valence-corrected chi connectivity index (χ2v) is 5.58. The number of nitrogens with zero attached hydrogens (tertiary/aromatic N) is 1. The second-order valence-electron chi connectivity index (χ2n) is 4.72. The molecule has 0 aliphatic heterocycles. The summed E-state index contributed by atoms with van der Waals surface area (Å²) in [5.74, 6) is 0. The SMILES string of the molecule is N#CC1(Cc2ccccc2Br)CCCCC1. The third-order valence-electron chi connectivity index (χ3n) is 3.53. The van der Waals surface area contributed by atoms with Crippen LogP contribution in [0.15, 0.2) is 28.7 Å². The molecule has 1 aliphatic rings. The van der Waals surface area contributed by atoms with Gasteiger partial charge >= 0.3 is 0 Å². The van der Waals surface area contributed by atoms with E-state index in [4.69, 9.17) is 0 Å². The largest absolute Gasteiger partial charge is 0.198 e. The van der Waals surface area contributed by atoms with E-state index in [1.54, 1.807) is 0 Å². The summed E-state index contributed by atoms with van der Waals surface area (Å²) >= 11 is 3.57. The molecule has 1 fully saturated rings. The Morgan fingerprint density at radius 2 is 1.88 bits per heavy atom. The van der Waals surface area contributed by atoms with Gasteiger partial charge in [-0.15, -0.1) is 0 Å². The lowest BCUT2D eigenvalue weighted by Gasteiger charge is -2.31. The van der Waals surface area contributed by atoms with Crippen LogP contribution in [-0.2, 0) is 6.42 Å². The van der Waals surface area contributed by atoms with Gasteiger partial charge in [0.2, 0.25) is 0 Å². The van der Waals surface area contributed by atoms with E-state index in [1.165, 1.54) is 24.8 Å². The average molecular weight is 278 g/mol. The maximum Gasteiger partial charge on any atom is 0.0693 e. The molecule has 0 spiro atoms. The van der Waals surface area contributed by atoms with Crippen LogP contribution in [0.1, 0.15) is 37.7 Å². The van der Waals surface area contributed by atoms with Gasteiger partial charge in [-0.2, -0.15) is 5.26 Å². The van der Waals surface area contributed by atoms with Crippen molar-refractivity contribution in [3.05, 3.63) is 34.3 Å². The third kappa shape index (κ3) is 2.47. The van der Waals surface area contributed by atoms with Crippen LogP contribution in [0.2, 0.25) is 0 Å². The summed E-state index contributed by atoms with van der Waals surface area (Å²) < 4.78 is 1.13. The highest BCUT2D eigenvalue weighted by Crippen LogP contribution is 2.39. The van der Waals surface area contributed by atoms with Crippen molar-refractivity contribution in [1.82, 2.24) is 0 Å². The van der Waals surface area contributed by atoms with Gasteiger partial charge < -0.3 is 0 Å². The zero-order valence-electron chi connectivity index (χ0n) is 9.38. The molecule has 84 valence electrons. The maximum absolute atomic E-state index is 9.43. The highest BCUT2D eigenvalue weighted by molar-refractivity contribution is 9.10. The van der Waals surface area contributed by atoms with Crippen molar-refractivity contribution in [2.75, 3.05) is 0 Å². The molecule has 16 heavy (non-hydrogen) atoms. The lowest BCUT2D eigenvalue weighted by molar-refractivity contribution is 0.265. The van der Waals surface area contributed by atoms with Crippen LogP contribution < -0.4 is 0 Å². The van der Waals surface area contributed by atoms with Gasteiger partial charge in [-0.05, 0) is 30.9 Å². The summed E-state index contributed by atoms with van der Waals surface area (Å²) in [5.41, 5.74) is 1.16. The number of hydrogen-bond acceptors (Lipinski definition) is 1. The molecule has 0 radical (unpaired) electrons. The van der Waals surface area contributed by atoms with E-state index in [9.17, 15) is 5.26 Å². The number of benzene rings is 1. The number of hydrogen-bond donors (Lipinski definition) is 0. The van der Waals surface area contributed by atoms with E-state index in [0.29, 0.717) is 0 Å². The quantitative estimate of drug-likeness (QED) is 0.783. The van der Waals surface area contributed by atoms with Gasteiger partial charge in [-0.25, -0.2) is 0 Å². The molecule has 0 unspecified atom stereocenters. The fraction of sp³-hybridized carbons (Fsp3) is 0.500. The Bertz CT molecular complexity index is 399. The normalized spacial score (nSPS) is 19.0. The van der Waals surface area contributed by atoms with Crippen molar-refractivity contribution < 1.29 is 0 Å². The van der Waals surface area contributed by atoms with E-state index in [0.717, 1.165) is 23.7 Å². The van der Waals surface area contributed by atoms with Gasteiger partial charge in [0.15, 0.2) is 0 Å². The molecule has 2 heteroatoms. The molecule has 0 bridgehead atoms. The van der Waals surface area contributed by atoms with E-state index >= 15 is 0 Å². The zero-order chi connectivity index (χ0) is 11.4. The van der Waals surface area contributed by atoms with E-state index < -0.39 is 0 Å². The topological polar surface area (TPSA) is 23.8 Å². The average Bonchev–Trinajstić information content (AvgIpc) is 2.33. The van der Waals surface area contributed by atoms with Crippen LogP contribution in [0.25, 0.3) is 0 Å². The van der Waals surface area contributed by atoms with Gasteiger partial charge in [0, 0.05) is 4.47 Å². The summed E-state index contributed by atoms with van der Waals surface area (Å²) in [6.07, 6.45) is 6.72. The molecule has 0 aromatic heterocycles. The number of halogens is 1. The Hall–Kier alpha value is -0.810. The first kappa shape index (κ1) is 11.7. The molecule has 0 heterocycles. The van der Waals surface area contributed by atoms with Gasteiger partial charge in [-0.1, -0.05) is 53.4 Å². The summed E-state index contributed by atoms with van der Waals surface area (Å²) in [5, 5.41) is 9.43. The molecule has 1 nitrogen and oxygen atoms in total. The molecule has 1 saturated carbocycles. The molecule has 2 rings (SSSR count). The molecule has 0 amide bonds. The first-order valence-corrected chi connectivity index (χ1v) is 6.70. The highest BCUT2D eigenvalue weighted by atomic mass is 79.9. The monoisotopic (exact) mass is 277 g/mol. The van der Waals surface area contributed by atoms with Crippen LogP contribution in [0, 0.1) is 16.7 Å². The summed E-state index contributed by atoms with van der Waals surface area (Å²) in [7, 11) is 0. The summed E-state index contributed by atoms with van der Waals surface area (Å²) in [6.45, 7) is 0. The van der Waals surface area contributed by atoms with Gasteiger partial charge in [0.1, 0.15) is 0 Å². The predicted octanol–water partition coefficient (Wildman–Crippen LogP) is 4.47. The lowest BCUT2D eigenvalue weighted by atomic mass is 9.71. The molecule has 0 saturated heterocycles. The van der Waals surface area contributed by atoms with E-state index in [1.807, 2.05) is 12.1 Å². The smallest absolute Gasteiger partial charge is 0.0693 e. The van der Waals surface area contributed by atoms with Gasteiger partial charge in [0.05, 0.1) is 11.5 Å². The van der Waals surface area contributed by atoms with Crippen LogP contribution >= 0.6 is 15.9 Å². The highest BCUT2D eigenvalue weighted by Gasteiger charge is 2.32. The van der Waals surface area contributed by atoms with Crippen LogP contribution in [0.3, 0.4) is 0 Å². The van der Waals surface area contributed by atoms with Crippen molar-refractivity contribution in [2.24, 2.45) is 5.41 Å². The van der Waals surface area contributed by atoms with E-state index in [-0.39, 0.29) is 5.41 Å². The lowest BCUT2D eigenvalue weighted by Crippen LogP contribution is -2.24. The Balaban J connectivity index is 2.19. The van der Waals surface area contributed by atoms with E-state index in [2.05, 4.69) is 34.1 Å². The molecule has 0 atom stereocenters. The van der Waals surface area contributed by atoms with Gasteiger partial charge in [-0.3, -0.25) is 0 Å². The van der Waals surface area contributed by atoms with Crippen molar-refractivity contribution >= 4 is 15.9 Å². The molecule has 1 aliphatic carbocycles. The Morgan fingerprint density at radius 3 is 2.50 bits per heavy atom. The molecule has 1 aromatic carbocycles. The fourth-order valence-corrected chi connectivity index (χ4v) is 2.99. The molecular formula is C14H16BrN. The minimum absolute atomic E-state index is 0.109. The van der Waals surface area contributed by atoms with Crippen molar-refractivity contribution in [2.45, 2.75) is 38.5 Å². The minimum atomic E-state index is -0.109. The number of nitriles is 1. The van der Waals surface area contributed by atoms with Crippen LogP contribution in [-0.4, -0.2) is 0 Å². The first-order valence-electron chi connectivity index (χ1n) is 5.90. The summed E-state index contributed by atoms with van der Waals surface area (Å²) in [4.78, 5) is 0. The zero-order valence-corrected chi connectivity index (χ0v) is 11.0. The Kier molecular flexibility index (Phi) is 3.66. The molecule has 0 N–H and O–H groups in total. The second kappa shape index (κ2) is 5.01. The standard InChI is InChI=1S/C14H16BrN/c15-13-7-3-2-6-12(13)10-14(11-16)8-4-1-5-9-14/h2-3,6-7H,1,4-5,8-10H2. The number of rotatable bonds is 2. The van der Waals surface area contributed by atoms with Gasteiger partial charge in [0.25, 0.3) is 0 Å². The minimum Gasteiger partial charge on any atom is -0.198 e. The van der Waals surface area contributed by atoms with Crippen molar-refractivity contribution in [3.63, 3.8) is 0 Å².